The van der Waals surface area contributed by atoms with E-state index in [1.54, 1.807) is 0 Å². The van der Waals surface area contributed by atoms with Gasteiger partial charge in [-0.25, -0.2) is 0 Å². The Morgan fingerprint density at radius 2 is 1.86 bits per heavy atom. The zero-order chi connectivity index (χ0) is 15.7. The van der Waals surface area contributed by atoms with Gasteiger partial charge in [0.15, 0.2) is 0 Å². The normalized spacial score (nSPS) is 18.9. The van der Waals surface area contributed by atoms with E-state index in [2.05, 4.69) is 35.9 Å². The maximum Gasteiger partial charge on any atom is 0.234 e. The van der Waals surface area contributed by atoms with Gasteiger partial charge in [0.25, 0.3) is 0 Å². The number of hydrogen-bond acceptors (Lipinski definition) is 4. The maximum atomic E-state index is 11.9. The quantitative estimate of drug-likeness (QED) is 0.664. The van der Waals surface area contributed by atoms with Crippen molar-refractivity contribution in [2.75, 3.05) is 45.8 Å². The molecule has 1 aliphatic heterocycles. The van der Waals surface area contributed by atoms with Gasteiger partial charge in [-0.15, -0.1) is 0 Å². The molecule has 1 amide bonds. The Morgan fingerprint density at radius 1 is 1.19 bits per heavy atom. The average Bonchev–Trinajstić information content (AvgIpc) is 2.45. The van der Waals surface area contributed by atoms with Crippen LogP contribution in [0.5, 0.6) is 0 Å². The Labute approximate surface area is 130 Å². The van der Waals surface area contributed by atoms with Crippen LogP contribution >= 0.6 is 0 Å². The lowest BCUT2D eigenvalue weighted by molar-refractivity contribution is -0.122. The molecule has 0 aromatic heterocycles. The van der Waals surface area contributed by atoms with E-state index in [0.29, 0.717) is 18.5 Å². The van der Waals surface area contributed by atoms with Gasteiger partial charge in [0.05, 0.1) is 6.54 Å². The lowest BCUT2D eigenvalue weighted by atomic mass is 10.1. The molecule has 0 radical (unpaired) electrons. The second kappa shape index (κ2) is 10.1. The van der Waals surface area contributed by atoms with Crippen LogP contribution < -0.4 is 11.1 Å². The van der Waals surface area contributed by atoms with E-state index >= 15 is 0 Å². The zero-order valence-corrected chi connectivity index (χ0v) is 14.1. The van der Waals surface area contributed by atoms with Gasteiger partial charge in [0, 0.05) is 45.3 Å². The number of nitrogens with zero attached hydrogens (tertiary/aromatic N) is 2. The summed E-state index contributed by atoms with van der Waals surface area (Å²) in [5.41, 5.74) is 5.86. The van der Waals surface area contributed by atoms with Gasteiger partial charge in [0.2, 0.25) is 5.91 Å². The molecule has 1 rings (SSSR count). The van der Waals surface area contributed by atoms with Crippen LogP contribution in [-0.4, -0.2) is 67.6 Å². The molecule has 5 heteroatoms. The molecular formula is C16H34N4O. The minimum absolute atomic E-state index is 0.160. The number of nitrogens with one attached hydrogen (secondary N) is 1. The number of piperazine rings is 1. The number of carbonyl (C=O) groups excluding carboxylic acids is 1. The summed E-state index contributed by atoms with van der Waals surface area (Å²) in [4.78, 5) is 16.6. The molecule has 5 nitrogen and oxygen atoms in total. The van der Waals surface area contributed by atoms with E-state index in [-0.39, 0.29) is 5.91 Å². The predicted molar refractivity (Wildman–Crippen MR) is 88.2 cm³/mol. The Morgan fingerprint density at radius 3 is 2.38 bits per heavy atom. The van der Waals surface area contributed by atoms with Crippen molar-refractivity contribution >= 4 is 5.91 Å². The summed E-state index contributed by atoms with van der Waals surface area (Å²) < 4.78 is 0. The Hall–Kier alpha value is -0.650. The highest BCUT2D eigenvalue weighted by molar-refractivity contribution is 5.77. The van der Waals surface area contributed by atoms with Gasteiger partial charge in [-0.2, -0.15) is 0 Å². The monoisotopic (exact) mass is 298 g/mol. The van der Waals surface area contributed by atoms with Crippen molar-refractivity contribution in [1.29, 1.82) is 0 Å². The van der Waals surface area contributed by atoms with Gasteiger partial charge < -0.3 is 11.1 Å². The molecule has 1 unspecified atom stereocenters. The summed E-state index contributed by atoms with van der Waals surface area (Å²) in [7, 11) is 0. The van der Waals surface area contributed by atoms with Crippen molar-refractivity contribution in [3.63, 3.8) is 0 Å². The number of hydrogen-bond donors (Lipinski definition) is 2. The second-order valence-electron chi connectivity index (χ2n) is 6.52. The highest BCUT2D eigenvalue weighted by Gasteiger charge is 2.23. The van der Waals surface area contributed by atoms with Crippen molar-refractivity contribution in [2.24, 2.45) is 11.7 Å². The highest BCUT2D eigenvalue weighted by Crippen LogP contribution is 2.10. The van der Waals surface area contributed by atoms with Gasteiger partial charge in [-0.1, -0.05) is 27.2 Å². The Kier molecular flexibility index (Phi) is 8.88. The first-order chi connectivity index (χ1) is 10.1. The van der Waals surface area contributed by atoms with E-state index in [1.807, 2.05) is 0 Å². The van der Waals surface area contributed by atoms with E-state index < -0.39 is 0 Å². The molecule has 124 valence electrons. The molecular weight excluding hydrogens is 264 g/mol. The molecule has 0 bridgehead atoms. The largest absolute Gasteiger partial charge is 0.355 e. The standard InChI is InChI=1S/C16H34N4O/c1-4-5-15(12-17)20-10-8-19(9-11-20)13-16(21)18-7-6-14(2)3/h14-15H,4-13,17H2,1-3H3,(H,18,21). The predicted octanol–water partition coefficient (Wildman–Crippen LogP) is 0.894. The average molecular weight is 298 g/mol. The fraction of sp³-hybridized carbons (Fsp3) is 0.938. The SMILES string of the molecule is CCCC(CN)N1CCN(CC(=O)NCCC(C)C)CC1. The molecule has 1 fully saturated rings. The molecule has 21 heavy (non-hydrogen) atoms. The highest BCUT2D eigenvalue weighted by atomic mass is 16.2. The number of nitrogens with two attached hydrogens (primary N) is 1. The molecule has 1 aliphatic rings. The molecule has 0 saturated carbocycles. The topological polar surface area (TPSA) is 61.6 Å². The summed E-state index contributed by atoms with van der Waals surface area (Å²) in [5.74, 6) is 0.800. The third kappa shape index (κ3) is 7.25. The van der Waals surface area contributed by atoms with Crippen LogP contribution in [0, 0.1) is 5.92 Å². The van der Waals surface area contributed by atoms with Crippen molar-refractivity contribution in [2.45, 2.75) is 46.1 Å². The second-order valence-corrected chi connectivity index (χ2v) is 6.52. The first-order valence-corrected chi connectivity index (χ1v) is 8.50. The van der Waals surface area contributed by atoms with Gasteiger partial charge >= 0.3 is 0 Å². The lowest BCUT2D eigenvalue weighted by Crippen LogP contribution is -2.53. The molecule has 0 aromatic carbocycles. The zero-order valence-electron chi connectivity index (χ0n) is 14.1. The van der Waals surface area contributed by atoms with Gasteiger partial charge in [-0.05, 0) is 18.8 Å². The van der Waals surface area contributed by atoms with Crippen molar-refractivity contribution < 1.29 is 4.79 Å². The summed E-state index contributed by atoms with van der Waals surface area (Å²) >= 11 is 0. The summed E-state index contributed by atoms with van der Waals surface area (Å²) in [6.45, 7) is 12.6. The van der Waals surface area contributed by atoms with Gasteiger partial charge in [-0.3, -0.25) is 14.6 Å². The summed E-state index contributed by atoms with van der Waals surface area (Å²) in [5, 5.41) is 3.01. The number of carbonyl (C=O) groups is 1. The molecule has 3 N–H and O–H groups in total. The first kappa shape index (κ1) is 18.4. The fourth-order valence-corrected chi connectivity index (χ4v) is 2.83. The van der Waals surface area contributed by atoms with E-state index in [1.165, 1.54) is 12.8 Å². The smallest absolute Gasteiger partial charge is 0.234 e. The van der Waals surface area contributed by atoms with E-state index in [9.17, 15) is 4.79 Å². The first-order valence-electron chi connectivity index (χ1n) is 8.50. The number of rotatable bonds is 9. The fourth-order valence-electron chi connectivity index (χ4n) is 2.83. The van der Waals surface area contributed by atoms with Crippen LogP contribution in [0.4, 0.5) is 0 Å². The van der Waals surface area contributed by atoms with E-state index in [4.69, 9.17) is 5.73 Å². The van der Waals surface area contributed by atoms with Crippen LogP contribution in [0.3, 0.4) is 0 Å². The molecule has 0 aliphatic carbocycles. The molecule has 1 atom stereocenters. The Balaban J connectivity index is 2.22. The van der Waals surface area contributed by atoms with Crippen LogP contribution in [0.25, 0.3) is 0 Å². The minimum Gasteiger partial charge on any atom is -0.355 e. The summed E-state index contributed by atoms with van der Waals surface area (Å²) in [6, 6.07) is 0.511. The van der Waals surface area contributed by atoms with Crippen LogP contribution in [-0.2, 0) is 4.79 Å². The minimum atomic E-state index is 0.160. The third-order valence-electron chi connectivity index (χ3n) is 4.23. The van der Waals surface area contributed by atoms with Crippen LogP contribution in [0.1, 0.15) is 40.0 Å². The molecule has 1 heterocycles. The van der Waals surface area contributed by atoms with Crippen molar-refractivity contribution in [3.8, 4) is 0 Å². The third-order valence-corrected chi connectivity index (χ3v) is 4.23. The molecule has 0 spiro atoms. The lowest BCUT2D eigenvalue weighted by Gasteiger charge is -2.38. The van der Waals surface area contributed by atoms with Crippen LogP contribution in [0.2, 0.25) is 0 Å². The van der Waals surface area contributed by atoms with Gasteiger partial charge in [0.1, 0.15) is 0 Å². The van der Waals surface area contributed by atoms with Crippen LogP contribution in [0.15, 0.2) is 0 Å². The number of amides is 1. The van der Waals surface area contributed by atoms with Crippen molar-refractivity contribution in [3.05, 3.63) is 0 Å². The van der Waals surface area contributed by atoms with E-state index in [0.717, 1.165) is 45.7 Å². The molecule has 1 saturated heterocycles. The summed E-state index contributed by atoms with van der Waals surface area (Å²) in [6.07, 6.45) is 3.40. The molecule has 0 aromatic rings. The maximum absolute atomic E-state index is 11.9. The van der Waals surface area contributed by atoms with Crippen molar-refractivity contribution in [1.82, 2.24) is 15.1 Å². The Bertz CT molecular complexity index is 288.